The Labute approximate surface area is 90.3 Å². The van der Waals surface area contributed by atoms with Crippen LogP contribution in [-0.4, -0.2) is 38.4 Å². The van der Waals surface area contributed by atoms with Crippen molar-refractivity contribution in [2.45, 2.75) is 25.3 Å². The molecule has 4 heteroatoms. The summed E-state index contributed by atoms with van der Waals surface area (Å²) in [5.41, 5.74) is -0.484. The van der Waals surface area contributed by atoms with Gasteiger partial charge in [0, 0.05) is 13.2 Å². The highest BCUT2D eigenvalue weighted by Gasteiger charge is 2.44. The minimum atomic E-state index is -0.484. The molecule has 0 spiro atoms. The van der Waals surface area contributed by atoms with Crippen LogP contribution < -0.4 is 5.32 Å². The van der Waals surface area contributed by atoms with Gasteiger partial charge in [-0.1, -0.05) is 0 Å². The van der Waals surface area contributed by atoms with Gasteiger partial charge in [-0.15, -0.1) is 0 Å². The summed E-state index contributed by atoms with van der Waals surface area (Å²) < 4.78 is 10.2. The van der Waals surface area contributed by atoms with Crippen LogP contribution in [-0.2, 0) is 14.3 Å². The number of methoxy groups -OCH3 is 1. The van der Waals surface area contributed by atoms with Crippen molar-refractivity contribution in [2.24, 2.45) is 11.8 Å². The zero-order valence-electron chi connectivity index (χ0n) is 9.41. The van der Waals surface area contributed by atoms with Gasteiger partial charge in [0.25, 0.3) is 0 Å². The van der Waals surface area contributed by atoms with Gasteiger partial charge in [-0.3, -0.25) is 4.79 Å². The highest BCUT2D eigenvalue weighted by atomic mass is 16.5. The van der Waals surface area contributed by atoms with Crippen molar-refractivity contribution in [3.63, 3.8) is 0 Å². The Morgan fingerprint density at radius 1 is 1.53 bits per heavy atom. The fraction of sp³-hybridized carbons (Fsp3) is 0.909. The minimum absolute atomic E-state index is 0.149. The van der Waals surface area contributed by atoms with Crippen LogP contribution in [0.2, 0.25) is 0 Å². The van der Waals surface area contributed by atoms with Crippen LogP contribution in [0.3, 0.4) is 0 Å². The molecule has 86 valence electrons. The van der Waals surface area contributed by atoms with E-state index in [-0.39, 0.29) is 5.97 Å². The zero-order valence-corrected chi connectivity index (χ0v) is 9.41. The summed E-state index contributed by atoms with van der Waals surface area (Å²) in [7, 11) is 1.45. The quantitative estimate of drug-likeness (QED) is 0.681. The van der Waals surface area contributed by atoms with Gasteiger partial charge in [0.15, 0.2) is 0 Å². The molecular formula is C11H19NO3. The van der Waals surface area contributed by atoms with Crippen molar-refractivity contribution in [3.05, 3.63) is 0 Å². The topological polar surface area (TPSA) is 47.6 Å². The highest BCUT2D eigenvalue weighted by Crippen LogP contribution is 2.33. The lowest BCUT2D eigenvalue weighted by atomic mass is 9.85. The summed E-state index contributed by atoms with van der Waals surface area (Å²) in [5, 5.41) is 3.28. The number of esters is 1. The monoisotopic (exact) mass is 213 g/mol. The molecule has 0 bridgehead atoms. The van der Waals surface area contributed by atoms with Crippen molar-refractivity contribution in [1.29, 1.82) is 0 Å². The van der Waals surface area contributed by atoms with Gasteiger partial charge in [0.1, 0.15) is 5.54 Å². The first-order valence-electron chi connectivity index (χ1n) is 5.57. The number of hydrogen-bond acceptors (Lipinski definition) is 4. The summed E-state index contributed by atoms with van der Waals surface area (Å²) in [5.74, 6) is 1.02. The van der Waals surface area contributed by atoms with Crippen LogP contribution in [0.5, 0.6) is 0 Å². The molecule has 2 saturated heterocycles. The summed E-state index contributed by atoms with van der Waals surface area (Å²) in [6.07, 6.45) is 2.00. The van der Waals surface area contributed by atoms with Gasteiger partial charge < -0.3 is 14.8 Å². The first-order valence-corrected chi connectivity index (χ1v) is 5.57. The Balaban J connectivity index is 1.96. The van der Waals surface area contributed by atoms with E-state index in [1.807, 2.05) is 6.92 Å². The van der Waals surface area contributed by atoms with E-state index >= 15 is 0 Å². The van der Waals surface area contributed by atoms with E-state index in [9.17, 15) is 4.79 Å². The molecular weight excluding hydrogens is 194 g/mol. The number of hydrogen-bond donors (Lipinski definition) is 1. The summed E-state index contributed by atoms with van der Waals surface area (Å²) >= 11 is 0. The van der Waals surface area contributed by atoms with Gasteiger partial charge in [-0.2, -0.15) is 0 Å². The highest BCUT2D eigenvalue weighted by molar-refractivity contribution is 5.80. The Bertz CT molecular complexity index is 250. The lowest BCUT2D eigenvalue weighted by molar-refractivity contribution is -0.147. The molecule has 15 heavy (non-hydrogen) atoms. The second-order valence-corrected chi connectivity index (χ2v) is 4.79. The Hall–Kier alpha value is -0.610. The van der Waals surface area contributed by atoms with Crippen LogP contribution in [0.4, 0.5) is 0 Å². The van der Waals surface area contributed by atoms with Gasteiger partial charge in [0.2, 0.25) is 0 Å². The number of nitrogens with one attached hydrogen (secondary N) is 1. The average Bonchev–Trinajstić information content (AvgIpc) is 2.85. The molecule has 2 rings (SSSR count). The first kappa shape index (κ1) is 10.9. The second-order valence-electron chi connectivity index (χ2n) is 4.79. The molecule has 0 aromatic carbocycles. The smallest absolute Gasteiger partial charge is 0.325 e. The molecule has 0 amide bonds. The molecule has 2 aliphatic rings. The maximum Gasteiger partial charge on any atom is 0.325 e. The van der Waals surface area contributed by atoms with Gasteiger partial charge in [-0.25, -0.2) is 0 Å². The van der Waals surface area contributed by atoms with E-state index in [2.05, 4.69) is 5.32 Å². The standard InChI is InChI=1S/C11H19NO3/c1-11(10(13)14-2)5-9(6-12-11)8-3-4-15-7-8/h8-9,12H,3-7H2,1-2H3. The van der Waals surface area contributed by atoms with Gasteiger partial charge >= 0.3 is 5.97 Å². The third kappa shape index (κ3) is 2.01. The molecule has 2 aliphatic heterocycles. The van der Waals surface area contributed by atoms with Crippen LogP contribution in [0.15, 0.2) is 0 Å². The fourth-order valence-corrected chi connectivity index (χ4v) is 2.66. The molecule has 3 unspecified atom stereocenters. The van der Waals surface area contributed by atoms with E-state index in [0.717, 1.165) is 32.6 Å². The molecule has 1 N–H and O–H groups in total. The Morgan fingerprint density at radius 2 is 2.33 bits per heavy atom. The average molecular weight is 213 g/mol. The van der Waals surface area contributed by atoms with E-state index < -0.39 is 5.54 Å². The van der Waals surface area contributed by atoms with Gasteiger partial charge in [-0.05, 0) is 38.1 Å². The number of rotatable bonds is 2. The molecule has 0 aliphatic carbocycles. The molecule has 2 fully saturated rings. The first-order chi connectivity index (χ1) is 7.15. The molecule has 0 aromatic rings. The van der Waals surface area contributed by atoms with Crippen molar-refractivity contribution in [3.8, 4) is 0 Å². The lowest BCUT2D eigenvalue weighted by Crippen LogP contribution is -2.45. The summed E-state index contributed by atoms with van der Waals surface area (Å²) in [4.78, 5) is 11.6. The molecule has 0 aromatic heterocycles. The van der Waals surface area contributed by atoms with Crippen LogP contribution in [0.25, 0.3) is 0 Å². The van der Waals surface area contributed by atoms with E-state index in [1.54, 1.807) is 0 Å². The minimum Gasteiger partial charge on any atom is -0.468 e. The number of carbonyl (C=O) groups is 1. The fourth-order valence-electron chi connectivity index (χ4n) is 2.66. The molecule has 4 nitrogen and oxygen atoms in total. The third-order valence-electron chi connectivity index (χ3n) is 3.69. The molecule has 0 saturated carbocycles. The number of ether oxygens (including phenoxy) is 2. The molecule has 0 radical (unpaired) electrons. The van der Waals surface area contributed by atoms with Crippen molar-refractivity contribution in [1.82, 2.24) is 5.32 Å². The predicted octanol–water partition coefficient (Wildman–Crippen LogP) is 0.564. The predicted molar refractivity (Wildman–Crippen MR) is 55.5 cm³/mol. The van der Waals surface area contributed by atoms with Crippen LogP contribution >= 0.6 is 0 Å². The number of carbonyl (C=O) groups excluding carboxylic acids is 1. The Morgan fingerprint density at radius 3 is 2.93 bits per heavy atom. The normalized spacial score (nSPS) is 40.7. The SMILES string of the molecule is COC(=O)C1(C)CC(C2CCOC2)CN1. The summed E-state index contributed by atoms with van der Waals surface area (Å²) in [6.45, 7) is 4.55. The zero-order chi connectivity index (χ0) is 10.9. The molecule has 3 atom stereocenters. The summed E-state index contributed by atoms with van der Waals surface area (Å²) in [6, 6.07) is 0. The second kappa shape index (κ2) is 4.10. The van der Waals surface area contributed by atoms with Crippen molar-refractivity contribution >= 4 is 5.97 Å². The Kier molecular flexibility index (Phi) is 2.98. The maximum absolute atomic E-state index is 11.6. The van der Waals surface area contributed by atoms with Crippen molar-refractivity contribution in [2.75, 3.05) is 26.9 Å². The third-order valence-corrected chi connectivity index (χ3v) is 3.69. The van der Waals surface area contributed by atoms with Crippen LogP contribution in [0.1, 0.15) is 19.8 Å². The molecule has 2 heterocycles. The largest absolute Gasteiger partial charge is 0.468 e. The van der Waals surface area contributed by atoms with Gasteiger partial charge in [0.05, 0.1) is 7.11 Å². The van der Waals surface area contributed by atoms with E-state index in [1.165, 1.54) is 7.11 Å². The van der Waals surface area contributed by atoms with Crippen LogP contribution in [0, 0.1) is 11.8 Å². The van der Waals surface area contributed by atoms with E-state index in [4.69, 9.17) is 9.47 Å². The lowest BCUT2D eigenvalue weighted by Gasteiger charge is -2.21. The van der Waals surface area contributed by atoms with E-state index in [0.29, 0.717) is 11.8 Å². The van der Waals surface area contributed by atoms with Crippen molar-refractivity contribution < 1.29 is 14.3 Å². The maximum atomic E-state index is 11.6.